The highest BCUT2D eigenvalue weighted by Crippen LogP contribution is 2.25. The Balaban J connectivity index is 2.28. The summed E-state index contributed by atoms with van der Waals surface area (Å²) in [7, 11) is 0. The molecule has 5 heteroatoms. The number of pyridine rings is 1. The molecular formula is C13H11N3O2. The molecule has 2 heterocycles. The van der Waals surface area contributed by atoms with Crippen molar-refractivity contribution in [2.75, 3.05) is 5.32 Å². The molecule has 18 heavy (non-hydrogen) atoms. The molecule has 0 fully saturated rings. The third-order valence-electron chi connectivity index (χ3n) is 2.62. The highest BCUT2D eigenvalue weighted by molar-refractivity contribution is 6.02. The fourth-order valence-corrected chi connectivity index (χ4v) is 1.51. The van der Waals surface area contributed by atoms with Crippen molar-refractivity contribution in [2.24, 2.45) is 0 Å². The van der Waals surface area contributed by atoms with Crippen LogP contribution < -0.4 is 5.32 Å². The van der Waals surface area contributed by atoms with E-state index in [1.807, 2.05) is 6.07 Å². The van der Waals surface area contributed by atoms with Crippen LogP contribution in [0.15, 0.2) is 28.8 Å². The summed E-state index contributed by atoms with van der Waals surface area (Å²) in [5, 5.41) is 11.6. The van der Waals surface area contributed by atoms with Gasteiger partial charge in [0.2, 0.25) is 5.88 Å². The Morgan fingerprint density at radius 2 is 2.22 bits per heavy atom. The maximum atomic E-state index is 11.9. The number of rotatable bonds is 2. The smallest absolute Gasteiger partial charge is 0.276 e. The number of nitriles is 1. The van der Waals surface area contributed by atoms with E-state index < -0.39 is 5.91 Å². The van der Waals surface area contributed by atoms with Gasteiger partial charge in [0, 0.05) is 11.8 Å². The summed E-state index contributed by atoms with van der Waals surface area (Å²) in [5.74, 6) is 0.381. The summed E-state index contributed by atoms with van der Waals surface area (Å²) in [6, 6.07) is 7.03. The van der Waals surface area contributed by atoms with Gasteiger partial charge in [0.25, 0.3) is 5.91 Å². The molecule has 0 saturated heterocycles. The molecule has 1 N–H and O–H groups in total. The van der Waals surface area contributed by atoms with E-state index in [0.29, 0.717) is 11.3 Å². The van der Waals surface area contributed by atoms with Crippen molar-refractivity contribution in [1.82, 2.24) is 4.98 Å². The first-order valence-corrected chi connectivity index (χ1v) is 5.36. The molecular weight excluding hydrogens is 230 g/mol. The molecule has 0 aromatic carbocycles. The number of amides is 1. The lowest BCUT2D eigenvalue weighted by Gasteiger charge is -2.01. The van der Waals surface area contributed by atoms with Gasteiger partial charge in [-0.2, -0.15) is 5.26 Å². The molecule has 1 amide bonds. The number of aryl methyl sites for hydroxylation is 1. The van der Waals surface area contributed by atoms with Crippen molar-refractivity contribution in [3.05, 3.63) is 47.0 Å². The quantitative estimate of drug-likeness (QED) is 0.875. The molecule has 0 unspecified atom stereocenters. The fourth-order valence-electron chi connectivity index (χ4n) is 1.51. The first kappa shape index (κ1) is 11.9. The predicted molar refractivity (Wildman–Crippen MR) is 65.1 cm³/mol. The zero-order valence-corrected chi connectivity index (χ0v) is 10.0. The molecule has 2 aromatic heterocycles. The highest BCUT2D eigenvalue weighted by Gasteiger charge is 2.17. The zero-order chi connectivity index (χ0) is 13.1. The lowest BCUT2D eigenvalue weighted by molar-refractivity contribution is 0.102. The number of nitrogens with zero attached hydrogens (tertiary/aromatic N) is 2. The van der Waals surface area contributed by atoms with E-state index in [1.165, 1.54) is 6.20 Å². The van der Waals surface area contributed by atoms with E-state index in [1.54, 1.807) is 32.0 Å². The van der Waals surface area contributed by atoms with Gasteiger partial charge in [0.1, 0.15) is 23.1 Å². The van der Waals surface area contributed by atoms with Gasteiger partial charge in [0.05, 0.1) is 0 Å². The SMILES string of the molecule is Cc1oc(NC(=O)c2ccccn2)c(C#N)c1C. The Morgan fingerprint density at radius 1 is 1.44 bits per heavy atom. The molecule has 0 radical (unpaired) electrons. The third kappa shape index (κ3) is 2.09. The Morgan fingerprint density at radius 3 is 2.83 bits per heavy atom. The number of anilines is 1. The second kappa shape index (κ2) is 4.72. The van der Waals surface area contributed by atoms with Crippen molar-refractivity contribution >= 4 is 11.8 Å². The average Bonchev–Trinajstić information content (AvgIpc) is 2.65. The Labute approximate surface area is 104 Å². The summed E-state index contributed by atoms with van der Waals surface area (Å²) >= 11 is 0. The summed E-state index contributed by atoms with van der Waals surface area (Å²) in [6.07, 6.45) is 1.53. The molecule has 0 aliphatic heterocycles. The Bertz CT molecular complexity index is 624. The molecule has 0 aliphatic carbocycles. The minimum atomic E-state index is -0.402. The number of aromatic nitrogens is 1. The van der Waals surface area contributed by atoms with Gasteiger partial charge in [-0.05, 0) is 26.0 Å². The van der Waals surface area contributed by atoms with Crippen LogP contribution in [0.25, 0.3) is 0 Å². The molecule has 0 atom stereocenters. The average molecular weight is 241 g/mol. The van der Waals surface area contributed by atoms with E-state index in [9.17, 15) is 4.79 Å². The number of nitrogens with one attached hydrogen (secondary N) is 1. The minimum Gasteiger partial charge on any atom is -0.444 e. The maximum absolute atomic E-state index is 11.9. The van der Waals surface area contributed by atoms with Crippen molar-refractivity contribution in [2.45, 2.75) is 13.8 Å². The fraction of sp³-hybridized carbons (Fsp3) is 0.154. The van der Waals surface area contributed by atoms with Crippen LogP contribution in [0.2, 0.25) is 0 Å². The van der Waals surface area contributed by atoms with Crippen LogP contribution in [0.5, 0.6) is 0 Å². The van der Waals surface area contributed by atoms with Gasteiger partial charge in [-0.25, -0.2) is 0 Å². The van der Waals surface area contributed by atoms with E-state index in [4.69, 9.17) is 9.68 Å². The molecule has 5 nitrogen and oxygen atoms in total. The first-order chi connectivity index (χ1) is 8.63. The van der Waals surface area contributed by atoms with E-state index in [2.05, 4.69) is 10.3 Å². The summed E-state index contributed by atoms with van der Waals surface area (Å²) in [6.45, 7) is 3.51. The maximum Gasteiger partial charge on any atom is 0.276 e. The molecule has 90 valence electrons. The summed E-state index contributed by atoms with van der Waals surface area (Å²) < 4.78 is 5.35. The van der Waals surface area contributed by atoms with E-state index in [0.717, 1.165) is 5.56 Å². The largest absolute Gasteiger partial charge is 0.444 e. The molecule has 2 aromatic rings. The molecule has 0 aliphatic rings. The van der Waals surface area contributed by atoms with Crippen molar-refractivity contribution in [1.29, 1.82) is 5.26 Å². The monoisotopic (exact) mass is 241 g/mol. The Kier molecular flexibility index (Phi) is 3.11. The number of carbonyl (C=O) groups is 1. The van der Waals surface area contributed by atoms with Gasteiger partial charge < -0.3 is 4.42 Å². The normalized spacial score (nSPS) is 9.83. The summed E-state index contributed by atoms with van der Waals surface area (Å²) in [5.41, 5.74) is 1.35. The molecule has 0 bridgehead atoms. The van der Waals surface area contributed by atoms with Gasteiger partial charge >= 0.3 is 0 Å². The van der Waals surface area contributed by atoms with E-state index in [-0.39, 0.29) is 11.6 Å². The zero-order valence-electron chi connectivity index (χ0n) is 10.0. The van der Waals surface area contributed by atoms with Crippen molar-refractivity contribution < 1.29 is 9.21 Å². The number of hydrogen-bond donors (Lipinski definition) is 1. The van der Waals surface area contributed by atoms with Gasteiger partial charge in [-0.3, -0.25) is 15.1 Å². The number of hydrogen-bond acceptors (Lipinski definition) is 4. The minimum absolute atomic E-state index is 0.170. The van der Waals surface area contributed by atoms with Crippen LogP contribution in [0, 0.1) is 25.2 Å². The van der Waals surface area contributed by atoms with Crippen molar-refractivity contribution in [3.63, 3.8) is 0 Å². The van der Waals surface area contributed by atoms with Gasteiger partial charge in [-0.15, -0.1) is 0 Å². The van der Waals surface area contributed by atoms with Crippen LogP contribution in [0.3, 0.4) is 0 Å². The van der Waals surface area contributed by atoms with Gasteiger partial charge in [-0.1, -0.05) is 6.07 Å². The van der Waals surface area contributed by atoms with Crippen LogP contribution in [0.1, 0.15) is 27.4 Å². The van der Waals surface area contributed by atoms with E-state index >= 15 is 0 Å². The first-order valence-electron chi connectivity index (χ1n) is 5.36. The highest BCUT2D eigenvalue weighted by atomic mass is 16.4. The van der Waals surface area contributed by atoms with Crippen LogP contribution in [-0.2, 0) is 0 Å². The molecule has 2 rings (SSSR count). The topological polar surface area (TPSA) is 78.9 Å². The van der Waals surface area contributed by atoms with Crippen molar-refractivity contribution in [3.8, 4) is 6.07 Å². The molecule has 0 saturated carbocycles. The van der Waals surface area contributed by atoms with Crippen LogP contribution >= 0.6 is 0 Å². The predicted octanol–water partition coefficient (Wildman–Crippen LogP) is 2.42. The number of furan rings is 1. The third-order valence-corrected chi connectivity index (χ3v) is 2.62. The van der Waals surface area contributed by atoms with Crippen LogP contribution in [-0.4, -0.2) is 10.9 Å². The summed E-state index contributed by atoms with van der Waals surface area (Å²) in [4.78, 5) is 15.8. The van der Waals surface area contributed by atoms with Crippen LogP contribution in [0.4, 0.5) is 5.88 Å². The lowest BCUT2D eigenvalue weighted by Crippen LogP contribution is -2.13. The lowest BCUT2D eigenvalue weighted by atomic mass is 10.2. The second-order valence-corrected chi connectivity index (χ2v) is 3.77. The standard InChI is InChI=1S/C13H11N3O2/c1-8-9(2)18-13(10(8)7-14)16-12(17)11-5-3-4-6-15-11/h3-6H,1-2H3,(H,16,17). The molecule has 0 spiro atoms. The second-order valence-electron chi connectivity index (χ2n) is 3.77. The van der Waals surface area contributed by atoms with Gasteiger partial charge in [0.15, 0.2) is 0 Å². The Hall–Kier alpha value is -2.61. The number of carbonyl (C=O) groups excluding carboxylic acids is 1.